The van der Waals surface area contributed by atoms with Crippen LogP contribution in [0.25, 0.3) is 0 Å². The lowest BCUT2D eigenvalue weighted by molar-refractivity contribution is 0.0857. The minimum atomic E-state index is 0.315. The van der Waals surface area contributed by atoms with Crippen LogP contribution in [0.4, 0.5) is 0 Å². The number of hydrogen-bond acceptors (Lipinski definition) is 5. The minimum Gasteiger partial charge on any atom is -0.454 e. The quantitative estimate of drug-likeness (QED) is 0.928. The lowest BCUT2D eigenvalue weighted by atomic mass is 9.98. The van der Waals surface area contributed by atoms with Gasteiger partial charge in [-0.3, -0.25) is 4.68 Å². The topological polar surface area (TPSA) is 57.5 Å². The molecule has 4 rings (SSSR count). The van der Waals surface area contributed by atoms with Crippen LogP contribution in [0.2, 0.25) is 0 Å². The molecule has 6 heteroatoms. The van der Waals surface area contributed by atoms with E-state index in [-0.39, 0.29) is 0 Å². The molecule has 0 bridgehead atoms. The number of ether oxygens (including phenoxy) is 3. The van der Waals surface area contributed by atoms with Gasteiger partial charge >= 0.3 is 0 Å². The number of nitrogens with one attached hydrogen (secondary N) is 1. The highest BCUT2D eigenvalue weighted by Crippen LogP contribution is 2.32. The van der Waals surface area contributed by atoms with Crippen molar-refractivity contribution >= 4 is 0 Å². The Morgan fingerprint density at radius 2 is 2.23 bits per heavy atom. The molecule has 1 atom stereocenters. The fourth-order valence-corrected chi connectivity index (χ4v) is 3.00. The largest absolute Gasteiger partial charge is 0.454 e. The third kappa shape index (κ3) is 2.44. The maximum atomic E-state index is 5.67. The van der Waals surface area contributed by atoms with E-state index in [1.54, 1.807) is 0 Å². The van der Waals surface area contributed by atoms with E-state index < -0.39 is 0 Å². The first kappa shape index (κ1) is 13.6. The van der Waals surface area contributed by atoms with Crippen molar-refractivity contribution < 1.29 is 14.2 Å². The zero-order valence-electron chi connectivity index (χ0n) is 12.5. The Labute approximate surface area is 129 Å². The molecule has 2 aliphatic rings. The van der Waals surface area contributed by atoms with Crippen LogP contribution in [-0.4, -0.2) is 29.7 Å². The van der Waals surface area contributed by atoms with Crippen molar-refractivity contribution in [3.8, 4) is 11.5 Å². The lowest BCUT2D eigenvalue weighted by Crippen LogP contribution is -2.27. The molecular weight excluding hydrogens is 282 g/mol. The molecule has 0 aliphatic carbocycles. The molecule has 0 saturated carbocycles. The van der Waals surface area contributed by atoms with E-state index in [4.69, 9.17) is 14.2 Å². The average molecular weight is 301 g/mol. The van der Waals surface area contributed by atoms with Crippen LogP contribution in [0, 0.1) is 0 Å². The summed E-state index contributed by atoms with van der Waals surface area (Å²) in [7, 11) is 1.96. The number of benzene rings is 1. The lowest BCUT2D eigenvalue weighted by Gasteiger charge is -2.23. The minimum absolute atomic E-state index is 0.315. The summed E-state index contributed by atoms with van der Waals surface area (Å²) in [5.41, 5.74) is 3.67. The second kappa shape index (κ2) is 5.62. The Balaban J connectivity index is 1.38. The maximum Gasteiger partial charge on any atom is 0.231 e. The standard InChI is InChI=1S/C16H19N3O3/c1-19-14-9-20-8-12(13(14)7-18-19)6-17-5-11-2-3-15-16(4-11)22-10-21-15/h2-4,7,12,17H,5-6,8-10H2,1H3. The van der Waals surface area contributed by atoms with E-state index in [0.717, 1.165) is 31.2 Å². The number of hydrogen-bond donors (Lipinski definition) is 1. The number of fused-ring (bicyclic) bond motifs is 2. The van der Waals surface area contributed by atoms with Crippen LogP contribution in [0.3, 0.4) is 0 Å². The van der Waals surface area contributed by atoms with Crippen molar-refractivity contribution in [3.05, 3.63) is 41.2 Å². The van der Waals surface area contributed by atoms with Crippen LogP contribution in [0.15, 0.2) is 24.4 Å². The zero-order chi connectivity index (χ0) is 14.9. The SMILES string of the molecule is Cn1ncc2c1COCC2CNCc1ccc2c(c1)OCO2. The Bertz CT molecular complexity index is 683. The molecule has 6 nitrogen and oxygen atoms in total. The van der Waals surface area contributed by atoms with Gasteiger partial charge in [0.2, 0.25) is 6.79 Å². The molecule has 0 radical (unpaired) electrons. The Morgan fingerprint density at radius 3 is 3.18 bits per heavy atom. The van der Waals surface area contributed by atoms with Gasteiger partial charge in [0.05, 0.1) is 25.1 Å². The summed E-state index contributed by atoms with van der Waals surface area (Å²) in [6.07, 6.45) is 1.96. The highest BCUT2D eigenvalue weighted by atomic mass is 16.7. The molecule has 22 heavy (non-hydrogen) atoms. The van der Waals surface area contributed by atoms with Crippen molar-refractivity contribution in [2.75, 3.05) is 19.9 Å². The van der Waals surface area contributed by atoms with Crippen molar-refractivity contribution in [1.29, 1.82) is 0 Å². The van der Waals surface area contributed by atoms with Gasteiger partial charge in [0.25, 0.3) is 0 Å². The highest BCUT2D eigenvalue weighted by Gasteiger charge is 2.23. The van der Waals surface area contributed by atoms with Crippen molar-refractivity contribution in [1.82, 2.24) is 15.1 Å². The van der Waals surface area contributed by atoms with Gasteiger partial charge < -0.3 is 19.5 Å². The van der Waals surface area contributed by atoms with Crippen molar-refractivity contribution in [2.24, 2.45) is 7.05 Å². The van der Waals surface area contributed by atoms with E-state index in [1.165, 1.54) is 16.8 Å². The second-order valence-electron chi connectivity index (χ2n) is 5.70. The third-order valence-corrected chi connectivity index (χ3v) is 4.25. The zero-order valence-corrected chi connectivity index (χ0v) is 12.5. The molecule has 0 spiro atoms. The van der Waals surface area contributed by atoms with E-state index in [2.05, 4.69) is 16.5 Å². The van der Waals surface area contributed by atoms with Gasteiger partial charge in [0.1, 0.15) is 0 Å². The Kier molecular flexibility index (Phi) is 3.48. The predicted molar refractivity (Wildman–Crippen MR) is 79.9 cm³/mol. The van der Waals surface area contributed by atoms with Gasteiger partial charge in [-0.2, -0.15) is 5.10 Å². The summed E-state index contributed by atoms with van der Waals surface area (Å²) in [4.78, 5) is 0. The average Bonchev–Trinajstić information content (AvgIpc) is 3.14. The normalized spacial score (nSPS) is 19.2. The van der Waals surface area contributed by atoms with E-state index in [0.29, 0.717) is 19.3 Å². The summed E-state index contributed by atoms with van der Waals surface area (Å²) in [5, 5.41) is 7.83. The highest BCUT2D eigenvalue weighted by molar-refractivity contribution is 5.44. The molecule has 0 saturated heterocycles. The third-order valence-electron chi connectivity index (χ3n) is 4.25. The molecule has 116 valence electrons. The Hall–Kier alpha value is -2.05. The molecule has 0 amide bonds. The Morgan fingerprint density at radius 1 is 1.32 bits per heavy atom. The number of nitrogens with zero attached hydrogens (tertiary/aromatic N) is 2. The fourth-order valence-electron chi connectivity index (χ4n) is 3.00. The molecule has 1 aromatic heterocycles. The first-order chi connectivity index (χ1) is 10.8. The number of aryl methyl sites for hydroxylation is 1. The van der Waals surface area contributed by atoms with Crippen molar-refractivity contribution in [3.63, 3.8) is 0 Å². The summed E-state index contributed by atoms with van der Waals surface area (Å²) in [5.74, 6) is 2.01. The molecule has 2 aliphatic heterocycles. The first-order valence-electron chi connectivity index (χ1n) is 7.49. The first-order valence-corrected chi connectivity index (χ1v) is 7.49. The maximum absolute atomic E-state index is 5.67. The summed E-state index contributed by atoms with van der Waals surface area (Å²) in [6, 6.07) is 6.05. The molecular formula is C16H19N3O3. The van der Waals surface area contributed by atoms with Crippen LogP contribution in [0.5, 0.6) is 11.5 Å². The van der Waals surface area contributed by atoms with E-state index in [1.807, 2.05) is 30.1 Å². The summed E-state index contributed by atoms with van der Waals surface area (Å²) in [6.45, 7) is 3.38. The molecule has 3 heterocycles. The monoisotopic (exact) mass is 301 g/mol. The number of rotatable bonds is 4. The van der Waals surface area contributed by atoms with Gasteiger partial charge in [-0.1, -0.05) is 6.07 Å². The van der Waals surface area contributed by atoms with Crippen LogP contribution in [0.1, 0.15) is 22.7 Å². The molecule has 1 N–H and O–H groups in total. The fraction of sp³-hybridized carbons (Fsp3) is 0.438. The molecule has 1 unspecified atom stereocenters. The molecule has 2 aromatic rings. The van der Waals surface area contributed by atoms with Gasteiger partial charge in [-0.15, -0.1) is 0 Å². The predicted octanol–water partition coefficient (Wildman–Crippen LogP) is 1.55. The van der Waals surface area contributed by atoms with Gasteiger partial charge in [0.15, 0.2) is 11.5 Å². The second-order valence-corrected chi connectivity index (χ2v) is 5.70. The molecule has 0 fully saturated rings. The van der Waals surface area contributed by atoms with Crippen LogP contribution in [-0.2, 0) is 24.9 Å². The number of aromatic nitrogens is 2. The van der Waals surface area contributed by atoms with E-state index >= 15 is 0 Å². The van der Waals surface area contributed by atoms with Gasteiger partial charge in [-0.25, -0.2) is 0 Å². The van der Waals surface area contributed by atoms with Crippen LogP contribution < -0.4 is 14.8 Å². The summed E-state index contributed by atoms with van der Waals surface area (Å²) < 4.78 is 18.3. The van der Waals surface area contributed by atoms with E-state index in [9.17, 15) is 0 Å². The smallest absolute Gasteiger partial charge is 0.231 e. The van der Waals surface area contributed by atoms with Gasteiger partial charge in [-0.05, 0) is 17.7 Å². The molecule has 1 aromatic carbocycles. The van der Waals surface area contributed by atoms with Gasteiger partial charge in [0, 0.05) is 31.6 Å². The van der Waals surface area contributed by atoms with Crippen molar-refractivity contribution in [2.45, 2.75) is 19.1 Å². The summed E-state index contributed by atoms with van der Waals surface area (Å²) >= 11 is 0. The van der Waals surface area contributed by atoms with Crippen LogP contribution >= 0.6 is 0 Å².